The summed E-state index contributed by atoms with van der Waals surface area (Å²) in [4.78, 5) is 4.12. The van der Waals surface area contributed by atoms with Crippen molar-refractivity contribution in [1.82, 2.24) is 4.98 Å². The Kier molecular flexibility index (Phi) is 3.05. The van der Waals surface area contributed by atoms with Gasteiger partial charge in [0.1, 0.15) is 5.75 Å². The van der Waals surface area contributed by atoms with Gasteiger partial charge in [0.15, 0.2) is 0 Å². The van der Waals surface area contributed by atoms with Crippen LogP contribution in [0.1, 0.15) is 18.5 Å². The summed E-state index contributed by atoms with van der Waals surface area (Å²) >= 11 is 0. The Bertz CT molecular complexity index is 250. The van der Waals surface area contributed by atoms with Crippen LogP contribution in [0.4, 0.5) is 0 Å². The topological polar surface area (TPSA) is 42.4 Å². The minimum Gasteiger partial charge on any atom is -0.497 e. The first-order valence-electron chi connectivity index (χ1n) is 3.88. The van der Waals surface area contributed by atoms with Crippen molar-refractivity contribution in [2.75, 3.05) is 13.7 Å². The predicted octanol–water partition coefficient (Wildman–Crippen LogP) is 1.19. The van der Waals surface area contributed by atoms with E-state index in [0.29, 0.717) is 0 Å². The number of nitrogens with zero attached hydrogens (tertiary/aromatic N) is 1. The van der Waals surface area contributed by atoms with E-state index in [0.717, 1.165) is 11.4 Å². The van der Waals surface area contributed by atoms with Gasteiger partial charge in [-0.2, -0.15) is 0 Å². The largest absolute Gasteiger partial charge is 0.497 e. The van der Waals surface area contributed by atoms with Crippen molar-refractivity contribution in [2.45, 2.75) is 12.8 Å². The fourth-order valence-electron chi connectivity index (χ4n) is 0.918. The van der Waals surface area contributed by atoms with Gasteiger partial charge in [0.05, 0.1) is 13.7 Å². The lowest BCUT2D eigenvalue weighted by atomic mass is 10.1. The Morgan fingerprint density at radius 1 is 1.67 bits per heavy atom. The number of ether oxygens (including phenoxy) is 1. The van der Waals surface area contributed by atoms with Crippen LogP contribution in [0.15, 0.2) is 18.3 Å². The first kappa shape index (κ1) is 9.00. The van der Waals surface area contributed by atoms with Gasteiger partial charge in [0, 0.05) is 23.9 Å². The molecule has 0 fully saturated rings. The molecule has 0 saturated heterocycles. The van der Waals surface area contributed by atoms with Crippen LogP contribution in [0.25, 0.3) is 0 Å². The van der Waals surface area contributed by atoms with E-state index in [1.54, 1.807) is 19.4 Å². The molecule has 1 unspecified atom stereocenters. The van der Waals surface area contributed by atoms with Gasteiger partial charge < -0.3 is 9.84 Å². The molecule has 0 spiro atoms. The van der Waals surface area contributed by atoms with Crippen LogP contribution in [0.3, 0.4) is 0 Å². The highest BCUT2D eigenvalue weighted by Gasteiger charge is 2.05. The molecule has 1 aromatic rings. The van der Waals surface area contributed by atoms with Gasteiger partial charge >= 0.3 is 0 Å². The van der Waals surface area contributed by atoms with E-state index >= 15 is 0 Å². The van der Waals surface area contributed by atoms with Crippen molar-refractivity contribution < 1.29 is 9.84 Å². The predicted molar refractivity (Wildman–Crippen MR) is 46.3 cm³/mol. The molecule has 0 aliphatic rings. The van der Waals surface area contributed by atoms with Gasteiger partial charge in [0.2, 0.25) is 0 Å². The van der Waals surface area contributed by atoms with Crippen molar-refractivity contribution in [3.63, 3.8) is 0 Å². The maximum Gasteiger partial charge on any atom is 0.122 e. The lowest BCUT2D eigenvalue weighted by Crippen LogP contribution is -2.01. The molecule has 0 aliphatic carbocycles. The number of aromatic nitrogens is 1. The fourth-order valence-corrected chi connectivity index (χ4v) is 0.918. The van der Waals surface area contributed by atoms with Gasteiger partial charge in [0.25, 0.3) is 0 Å². The summed E-state index contributed by atoms with van der Waals surface area (Å²) in [6.45, 7) is 2.03. The summed E-state index contributed by atoms with van der Waals surface area (Å²) in [5.41, 5.74) is 0.858. The summed E-state index contributed by atoms with van der Waals surface area (Å²) in [7, 11) is 1.61. The third-order valence-electron chi connectivity index (χ3n) is 1.77. The maximum absolute atomic E-state index is 8.87. The van der Waals surface area contributed by atoms with Crippen LogP contribution < -0.4 is 4.74 Å². The van der Waals surface area contributed by atoms with E-state index in [1.165, 1.54) is 0 Å². The Hall–Kier alpha value is -1.09. The van der Waals surface area contributed by atoms with E-state index in [2.05, 4.69) is 4.98 Å². The lowest BCUT2D eigenvalue weighted by molar-refractivity contribution is 0.270. The Morgan fingerprint density at radius 3 is 3.00 bits per heavy atom. The van der Waals surface area contributed by atoms with Crippen LogP contribution in [0.2, 0.25) is 0 Å². The molecule has 0 amide bonds. The van der Waals surface area contributed by atoms with Crippen molar-refractivity contribution in [1.29, 1.82) is 0 Å². The van der Waals surface area contributed by atoms with Crippen molar-refractivity contribution >= 4 is 0 Å². The van der Waals surface area contributed by atoms with E-state index < -0.39 is 0 Å². The van der Waals surface area contributed by atoms with E-state index in [1.807, 2.05) is 13.0 Å². The molecular formula is C9H13NO2. The third-order valence-corrected chi connectivity index (χ3v) is 1.77. The van der Waals surface area contributed by atoms with Gasteiger partial charge in [-0.1, -0.05) is 6.92 Å². The highest BCUT2D eigenvalue weighted by molar-refractivity contribution is 5.24. The molecule has 1 atom stereocenters. The second-order valence-electron chi connectivity index (χ2n) is 2.70. The first-order chi connectivity index (χ1) is 5.77. The van der Waals surface area contributed by atoms with Gasteiger partial charge in [-0.3, -0.25) is 4.98 Å². The molecule has 1 heterocycles. The highest BCUT2D eigenvalue weighted by atomic mass is 16.5. The molecule has 3 heteroatoms. The van der Waals surface area contributed by atoms with Crippen LogP contribution >= 0.6 is 0 Å². The number of hydrogen-bond donors (Lipinski definition) is 1. The molecule has 0 saturated carbocycles. The summed E-state index contributed by atoms with van der Waals surface area (Å²) in [5, 5.41) is 8.87. The molecule has 12 heavy (non-hydrogen) atoms. The molecule has 0 bridgehead atoms. The zero-order valence-electron chi connectivity index (χ0n) is 7.32. The fraction of sp³-hybridized carbons (Fsp3) is 0.444. The van der Waals surface area contributed by atoms with Gasteiger partial charge in [-0.05, 0) is 6.07 Å². The zero-order chi connectivity index (χ0) is 8.97. The Labute approximate surface area is 72.0 Å². The Balaban J connectivity index is 2.86. The number of aliphatic hydroxyl groups is 1. The molecule has 0 radical (unpaired) electrons. The second kappa shape index (κ2) is 4.07. The summed E-state index contributed by atoms with van der Waals surface area (Å²) in [5.74, 6) is 0.848. The quantitative estimate of drug-likeness (QED) is 0.735. The summed E-state index contributed by atoms with van der Waals surface area (Å²) < 4.78 is 5.03. The molecule has 1 rings (SSSR count). The van der Waals surface area contributed by atoms with Gasteiger partial charge in [-0.25, -0.2) is 0 Å². The van der Waals surface area contributed by atoms with Crippen molar-refractivity contribution in [3.8, 4) is 5.75 Å². The molecule has 1 aromatic heterocycles. The number of methoxy groups -OCH3 is 1. The molecule has 1 N–H and O–H groups in total. The smallest absolute Gasteiger partial charge is 0.122 e. The van der Waals surface area contributed by atoms with Gasteiger partial charge in [-0.15, -0.1) is 0 Å². The van der Waals surface area contributed by atoms with Crippen LogP contribution in [-0.2, 0) is 0 Å². The monoisotopic (exact) mass is 167 g/mol. The van der Waals surface area contributed by atoms with Crippen LogP contribution in [0, 0.1) is 0 Å². The zero-order valence-corrected chi connectivity index (χ0v) is 7.32. The number of hydrogen-bond acceptors (Lipinski definition) is 3. The summed E-state index contributed by atoms with van der Waals surface area (Å²) in [6, 6.07) is 3.62. The van der Waals surface area contributed by atoms with Crippen molar-refractivity contribution in [2.24, 2.45) is 0 Å². The van der Waals surface area contributed by atoms with E-state index in [9.17, 15) is 0 Å². The normalized spacial score (nSPS) is 12.6. The number of rotatable bonds is 3. The standard InChI is InChI=1S/C9H13NO2/c1-7(6-11)9-5-8(12-2)3-4-10-9/h3-5,7,11H,6H2,1-2H3. The lowest BCUT2D eigenvalue weighted by Gasteiger charge is -2.07. The minimum atomic E-state index is 0.0695. The van der Waals surface area contributed by atoms with Crippen molar-refractivity contribution in [3.05, 3.63) is 24.0 Å². The average Bonchev–Trinajstić information content (AvgIpc) is 2.17. The maximum atomic E-state index is 8.87. The highest BCUT2D eigenvalue weighted by Crippen LogP contribution is 2.16. The first-order valence-corrected chi connectivity index (χ1v) is 3.88. The molecule has 0 aromatic carbocycles. The molecule has 0 aliphatic heterocycles. The van der Waals surface area contributed by atoms with E-state index in [4.69, 9.17) is 9.84 Å². The molecule has 3 nitrogen and oxygen atoms in total. The van der Waals surface area contributed by atoms with Crippen LogP contribution in [0.5, 0.6) is 5.75 Å². The Morgan fingerprint density at radius 2 is 2.42 bits per heavy atom. The third kappa shape index (κ3) is 1.95. The second-order valence-corrected chi connectivity index (χ2v) is 2.70. The average molecular weight is 167 g/mol. The van der Waals surface area contributed by atoms with E-state index in [-0.39, 0.29) is 12.5 Å². The minimum absolute atomic E-state index is 0.0695. The van der Waals surface area contributed by atoms with Crippen LogP contribution in [-0.4, -0.2) is 23.8 Å². The number of pyridine rings is 1. The molecular weight excluding hydrogens is 154 g/mol. The SMILES string of the molecule is COc1ccnc(C(C)CO)c1. The summed E-state index contributed by atoms with van der Waals surface area (Å²) in [6.07, 6.45) is 1.68. The number of aliphatic hydroxyl groups excluding tert-OH is 1. The molecule has 66 valence electrons.